The highest BCUT2D eigenvalue weighted by Gasteiger charge is 2.33. The van der Waals surface area contributed by atoms with Gasteiger partial charge in [0.15, 0.2) is 6.29 Å². The number of halogens is 3. The van der Waals surface area contributed by atoms with E-state index in [-0.39, 0.29) is 40.3 Å². The van der Waals surface area contributed by atoms with Crippen LogP contribution in [0.5, 0.6) is 0 Å². The van der Waals surface area contributed by atoms with E-state index in [1.165, 1.54) is 12.1 Å². The topological polar surface area (TPSA) is 81.7 Å². The van der Waals surface area contributed by atoms with Gasteiger partial charge in [0.25, 0.3) is 0 Å². The zero-order valence-corrected chi connectivity index (χ0v) is 20.0. The predicted molar refractivity (Wildman–Crippen MR) is 122 cm³/mol. The number of rotatable bonds is 8. The van der Waals surface area contributed by atoms with Gasteiger partial charge < -0.3 is 14.8 Å². The van der Waals surface area contributed by atoms with Crippen LogP contribution in [0, 0.1) is 17.5 Å². The molecule has 35 heavy (non-hydrogen) atoms. The van der Waals surface area contributed by atoms with E-state index >= 15 is 4.39 Å². The number of alkyl carbamates (subject to hydrolysis) is 1. The maximum atomic E-state index is 15.7. The maximum absolute atomic E-state index is 15.7. The van der Waals surface area contributed by atoms with Crippen LogP contribution in [0.15, 0.2) is 24.3 Å². The van der Waals surface area contributed by atoms with E-state index in [1.54, 1.807) is 27.7 Å². The van der Waals surface area contributed by atoms with Gasteiger partial charge in [-0.05, 0) is 75.8 Å². The molecule has 2 aromatic rings. The number of hydrogen-bond donors (Lipinski definition) is 1. The third kappa shape index (κ3) is 6.61. The molecule has 1 fully saturated rings. The first-order chi connectivity index (χ1) is 16.4. The van der Waals surface area contributed by atoms with Gasteiger partial charge >= 0.3 is 12.1 Å². The molecule has 1 aliphatic carbocycles. The number of aldehydes is 1. The minimum atomic E-state index is -1.20. The molecule has 9 heteroatoms. The molecule has 0 aromatic heterocycles. The lowest BCUT2D eigenvalue weighted by atomic mass is 9.90. The van der Waals surface area contributed by atoms with Gasteiger partial charge in [-0.2, -0.15) is 0 Å². The Hall–Kier alpha value is -3.36. The number of carbonyl (C=O) groups is 3. The van der Waals surface area contributed by atoms with Crippen molar-refractivity contribution in [3.8, 4) is 11.1 Å². The molecule has 1 amide bonds. The van der Waals surface area contributed by atoms with Crippen LogP contribution in [0.4, 0.5) is 18.0 Å². The second-order valence-electron chi connectivity index (χ2n) is 9.42. The molecule has 1 aliphatic rings. The summed E-state index contributed by atoms with van der Waals surface area (Å²) in [7, 11) is 0. The van der Waals surface area contributed by atoms with Crippen LogP contribution in [0.1, 0.15) is 80.4 Å². The summed E-state index contributed by atoms with van der Waals surface area (Å²) in [5, 5.41) is 2.51. The average Bonchev–Trinajstić information content (AvgIpc) is 3.57. The van der Waals surface area contributed by atoms with E-state index in [0.717, 1.165) is 6.07 Å². The second-order valence-corrected chi connectivity index (χ2v) is 9.42. The third-order valence-corrected chi connectivity index (χ3v) is 5.39. The molecular formula is C26H28F3NO5. The zero-order valence-electron chi connectivity index (χ0n) is 20.0. The van der Waals surface area contributed by atoms with Gasteiger partial charge in [-0.25, -0.2) is 18.0 Å². The number of benzene rings is 2. The molecule has 0 radical (unpaired) electrons. The van der Waals surface area contributed by atoms with E-state index in [1.807, 2.05) is 0 Å². The Morgan fingerprint density at radius 2 is 1.83 bits per heavy atom. The molecule has 1 atom stereocenters. The van der Waals surface area contributed by atoms with Crippen molar-refractivity contribution in [2.45, 2.75) is 64.5 Å². The van der Waals surface area contributed by atoms with Crippen molar-refractivity contribution in [2.24, 2.45) is 0 Å². The summed E-state index contributed by atoms with van der Waals surface area (Å²) in [6, 6.07) is 3.00. The third-order valence-electron chi connectivity index (χ3n) is 5.39. The molecule has 2 aromatic carbocycles. The molecule has 1 saturated carbocycles. The van der Waals surface area contributed by atoms with Crippen molar-refractivity contribution in [2.75, 3.05) is 6.61 Å². The molecule has 188 valence electrons. The lowest BCUT2D eigenvalue weighted by Gasteiger charge is -2.25. The standard InChI is InChI=1S/C26H28F3NO5/c1-5-34-22(32)12-21(30-25(33)35-26(2,3)4)19-10-15(9-18(24(19)29)14-6-7-14)23-16(13-31)8-17(27)11-20(23)28/h8-11,13-14,21H,5-7,12H2,1-4H3,(H,30,33)/t21-/m0/s1. The Bertz CT molecular complexity index is 1140. The molecule has 0 spiro atoms. The summed E-state index contributed by atoms with van der Waals surface area (Å²) >= 11 is 0. The fraction of sp³-hybridized carbons (Fsp3) is 0.423. The van der Waals surface area contributed by atoms with Crippen molar-refractivity contribution in [3.05, 3.63) is 58.4 Å². The fourth-order valence-corrected chi connectivity index (χ4v) is 3.83. The quantitative estimate of drug-likeness (QED) is 0.363. The SMILES string of the molecule is CCOC(=O)C[C@H](NC(=O)OC(C)(C)C)c1cc(-c2c(F)cc(F)cc2C=O)cc(C2CC2)c1F. The highest BCUT2D eigenvalue weighted by atomic mass is 19.1. The summed E-state index contributed by atoms with van der Waals surface area (Å²) in [6.45, 7) is 6.64. The van der Waals surface area contributed by atoms with Gasteiger partial charge in [-0.15, -0.1) is 0 Å². The van der Waals surface area contributed by atoms with Gasteiger partial charge in [0, 0.05) is 22.8 Å². The van der Waals surface area contributed by atoms with Gasteiger partial charge in [-0.1, -0.05) is 0 Å². The Labute approximate surface area is 201 Å². The van der Waals surface area contributed by atoms with E-state index in [4.69, 9.17) is 9.47 Å². The lowest BCUT2D eigenvalue weighted by Crippen LogP contribution is -2.36. The smallest absolute Gasteiger partial charge is 0.408 e. The van der Waals surface area contributed by atoms with E-state index in [0.29, 0.717) is 25.2 Å². The monoisotopic (exact) mass is 491 g/mol. The molecular weight excluding hydrogens is 463 g/mol. The maximum Gasteiger partial charge on any atom is 0.408 e. The number of amides is 1. The summed E-state index contributed by atoms with van der Waals surface area (Å²) in [4.78, 5) is 36.4. The highest BCUT2D eigenvalue weighted by Crippen LogP contribution is 2.45. The Kier molecular flexibility index (Phi) is 7.87. The first-order valence-corrected chi connectivity index (χ1v) is 11.4. The number of esters is 1. The van der Waals surface area contributed by atoms with Crippen LogP contribution in [0.2, 0.25) is 0 Å². The normalized spacial score (nSPS) is 14.3. The molecule has 0 bridgehead atoms. The van der Waals surface area contributed by atoms with Gasteiger partial charge in [-0.3, -0.25) is 9.59 Å². The zero-order chi connectivity index (χ0) is 25.9. The van der Waals surface area contributed by atoms with Crippen molar-refractivity contribution in [1.82, 2.24) is 5.32 Å². The molecule has 0 unspecified atom stereocenters. The first-order valence-electron chi connectivity index (χ1n) is 11.4. The van der Waals surface area contributed by atoms with Crippen molar-refractivity contribution in [3.63, 3.8) is 0 Å². The summed E-state index contributed by atoms with van der Waals surface area (Å²) in [6.07, 6.45) is 0.425. The van der Waals surface area contributed by atoms with Crippen LogP contribution in [-0.4, -0.2) is 30.6 Å². The Morgan fingerprint density at radius 1 is 1.14 bits per heavy atom. The van der Waals surface area contributed by atoms with Gasteiger partial charge in [0.2, 0.25) is 0 Å². The van der Waals surface area contributed by atoms with Crippen molar-refractivity contribution >= 4 is 18.3 Å². The van der Waals surface area contributed by atoms with Gasteiger partial charge in [0.1, 0.15) is 23.1 Å². The lowest BCUT2D eigenvalue weighted by molar-refractivity contribution is -0.143. The van der Waals surface area contributed by atoms with Gasteiger partial charge in [0.05, 0.1) is 19.1 Å². The number of nitrogens with one attached hydrogen (secondary N) is 1. The second kappa shape index (κ2) is 10.5. The van der Waals surface area contributed by atoms with E-state index in [2.05, 4.69) is 5.32 Å². The summed E-state index contributed by atoms with van der Waals surface area (Å²) in [5.41, 5.74) is -1.00. The van der Waals surface area contributed by atoms with Crippen molar-refractivity contribution < 1.29 is 37.0 Å². The largest absolute Gasteiger partial charge is 0.466 e. The first kappa shape index (κ1) is 26.2. The summed E-state index contributed by atoms with van der Waals surface area (Å²) in [5.74, 6) is -3.40. The molecule has 0 heterocycles. The number of hydrogen-bond acceptors (Lipinski definition) is 5. The predicted octanol–water partition coefficient (Wildman–Crippen LogP) is 5.98. The minimum Gasteiger partial charge on any atom is -0.466 e. The minimum absolute atomic E-state index is 0.0807. The average molecular weight is 492 g/mol. The fourth-order valence-electron chi connectivity index (χ4n) is 3.83. The van der Waals surface area contributed by atoms with E-state index in [9.17, 15) is 23.2 Å². The molecule has 0 saturated heterocycles. The molecule has 3 rings (SSSR count). The van der Waals surface area contributed by atoms with Crippen LogP contribution < -0.4 is 5.32 Å². The summed E-state index contributed by atoms with van der Waals surface area (Å²) < 4.78 is 54.5. The van der Waals surface area contributed by atoms with Crippen LogP contribution in [0.3, 0.4) is 0 Å². The molecule has 6 nitrogen and oxygen atoms in total. The molecule has 1 N–H and O–H groups in total. The Morgan fingerprint density at radius 3 is 2.40 bits per heavy atom. The Balaban J connectivity index is 2.15. The van der Waals surface area contributed by atoms with E-state index < -0.39 is 47.6 Å². The number of ether oxygens (including phenoxy) is 2. The number of carbonyl (C=O) groups excluding carboxylic acids is 3. The van der Waals surface area contributed by atoms with Crippen LogP contribution in [0.25, 0.3) is 11.1 Å². The van der Waals surface area contributed by atoms with Crippen LogP contribution in [-0.2, 0) is 14.3 Å². The molecule has 0 aliphatic heterocycles. The van der Waals surface area contributed by atoms with Crippen LogP contribution >= 0.6 is 0 Å². The highest BCUT2D eigenvalue weighted by molar-refractivity contribution is 5.88. The van der Waals surface area contributed by atoms with Crippen molar-refractivity contribution in [1.29, 1.82) is 0 Å².